The molecule has 0 aliphatic carbocycles. The number of halogens is 3. The average Bonchev–Trinajstić information content (AvgIpc) is 2.56. The van der Waals surface area contributed by atoms with E-state index in [-0.39, 0.29) is 24.2 Å². The van der Waals surface area contributed by atoms with Crippen LogP contribution in [0.2, 0.25) is 0 Å². The molecule has 4 nitrogen and oxygen atoms in total. The minimum atomic E-state index is -1.17. The summed E-state index contributed by atoms with van der Waals surface area (Å²) in [5.41, 5.74) is 0.718. The number of aromatic amines is 1. The Bertz CT molecular complexity index is 819. The number of nitrogens with one attached hydrogen (secondary N) is 1. The molecule has 0 radical (unpaired) electrons. The van der Waals surface area contributed by atoms with Gasteiger partial charge in [0.1, 0.15) is 11.6 Å². The predicted octanol–water partition coefficient (Wildman–Crippen LogP) is 2.70. The van der Waals surface area contributed by atoms with Crippen molar-refractivity contribution in [1.82, 2.24) is 14.9 Å². The minimum absolute atomic E-state index is 0.0922. The predicted molar refractivity (Wildman–Crippen MR) is 83.0 cm³/mol. The van der Waals surface area contributed by atoms with E-state index in [0.29, 0.717) is 30.8 Å². The smallest absolute Gasteiger partial charge is 0.255 e. The number of aromatic nitrogens is 2. The molecule has 1 N–H and O–H groups in total. The van der Waals surface area contributed by atoms with E-state index in [2.05, 4.69) is 9.97 Å². The Morgan fingerprint density at radius 1 is 1.25 bits per heavy atom. The summed E-state index contributed by atoms with van der Waals surface area (Å²) in [5, 5.41) is 0. The minimum Gasteiger partial charge on any atom is -0.310 e. The Hall–Kier alpha value is -2.15. The second kappa shape index (κ2) is 6.76. The molecule has 7 heteroatoms. The monoisotopic (exact) mass is 337 g/mol. The van der Waals surface area contributed by atoms with E-state index < -0.39 is 17.5 Å². The molecular weight excluding hydrogens is 319 g/mol. The molecule has 1 aromatic carbocycles. The van der Waals surface area contributed by atoms with E-state index >= 15 is 0 Å². The van der Waals surface area contributed by atoms with Crippen LogP contribution in [0.4, 0.5) is 13.2 Å². The highest BCUT2D eigenvalue weighted by Gasteiger charge is 2.24. The van der Waals surface area contributed by atoms with Crippen LogP contribution in [0.15, 0.2) is 16.9 Å². The van der Waals surface area contributed by atoms with Gasteiger partial charge in [-0.3, -0.25) is 9.69 Å². The number of H-pyrrole nitrogens is 1. The van der Waals surface area contributed by atoms with E-state index in [1.165, 1.54) is 0 Å². The topological polar surface area (TPSA) is 49.0 Å². The third-order valence-electron chi connectivity index (χ3n) is 4.20. The third-order valence-corrected chi connectivity index (χ3v) is 4.20. The summed E-state index contributed by atoms with van der Waals surface area (Å²) in [6.07, 6.45) is 2.10. The van der Waals surface area contributed by atoms with Gasteiger partial charge in [-0.15, -0.1) is 0 Å². The second-order valence-corrected chi connectivity index (χ2v) is 5.97. The fourth-order valence-corrected chi connectivity index (χ4v) is 2.96. The number of benzene rings is 1. The molecular formula is C17H18F3N3O. The van der Waals surface area contributed by atoms with Gasteiger partial charge in [-0.1, -0.05) is 6.92 Å². The largest absolute Gasteiger partial charge is 0.310 e. The van der Waals surface area contributed by atoms with Gasteiger partial charge in [0.2, 0.25) is 0 Å². The van der Waals surface area contributed by atoms with Gasteiger partial charge in [-0.25, -0.2) is 18.2 Å². The highest BCUT2D eigenvalue weighted by molar-refractivity contribution is 5.24. The number of rotatable bonds is 4. The van der Waals surface area contributed by atoms with Crippen molar-refractivity contribution in [2.45, 2.75) is 39.3 Å². The highest BCUT2D eigenvalue weighted by Crippen LogP contribution is 2.21. The summed E-state index contributed by atoms with van der Waals surface area (Å²) in [4.78, 5) is 21.2. The molecule has 0 saturated heterocycles. The van der Waals surface area contributed by atoms with Crippen molar-refractivity contribution in [1.29, 1.82) is 0 Å². The van der Waals surface area contributed by atoms with E-state index in [9.17, 15) is 18.0 Å². The summed E-state index contributed by atoms with van der Waals surface area (Å²) in [6, 6.07) is 1.68. The van der Waals surface area contributed by atoms with Crippen molar-refractivity contribution in [2.24, 2.45) is 0 Å². The lowest BCUT2D eigenvalue weighted by molar-refractivity contribution is 0.233. The second-order valence-electron chi connectivity index (χ2n) is 5.97. The zero-order chi connectivity index (χ0) is 17.3. The molecule has 24 heavy (non-hydrogen) atoms. The molecule has 128 valence electrons. The van der Waals surface area contributed by atoms with Crippen LogP contribution in [0.3, 0.4) is 0 Å². The summed E-state index contributed by atoms with van der Waals surface area (Å²) < 4.78 is 40.9. The molecule has 2 aromatic rings. The summed E-state index contributed by atoms with van der Waals surface area (Å²) in [6.45, 7) is 2.65. The molecule has 1 aliphatic rings. The first-order valence-corrected chi connectivity index (χ1v) is 7.95. The molecule has 0 amide bonds. The van der Waals surface area contributed by atoms with Crippen molar-refractivity contribution in [3.8, 4) is 0 Å². The van der Waals surface area contributed by atoms with Crippen LogP contribution in [0.25, 0.3) is 0 Å². The maximum absolute atomic E-state index is 13.8. The number of hydrogen-bond acceptors (Lipinski definition) is 3. The fraction of sp³-hybridized carbons (Fsp3) is 0.412. The molecule has 2 heterocycles. The van der Waals surface area contributed by atoms with Crippen LogP contribution in [0.1, 0.15) is 36.0 Å². The van der Waals surface area contributed by atoms with Crippen molar-refractivity contribution < 1.29 is 13.2 Å². The van der Waals surface area contributed by atoms with Crippen LogP contribution in [-0.4, -0.2) is 21.4 Å². The molecule has 1 aliphatic heterocycles. The Kier molecular flexibility index (Phi) is 4.71. The zero-order valence-corrected chi connectivity index (χ0v) is 13.3. The molecule has 0 atom stereocenters. The zero-order valence-electron chi connectivity index (χ0n) is 13.3. The van der Waals surface area contributed by atoms with Crippen molar-refractivity contribution >= 4 is 0 Å². The van der Waals surface area contributed by atoms with Crippen LogP contribution in [0.5, 0.6) is 0 Å². The van der Waals surface area contributed by atoms with Gasteiger partial charge in [0.15, 0.2) is 11.6 Å². The van der Waals surface area contributed by atoms with Gasteiger partial charge in [0.05, 0.1) is 11.3 Å². The van der Waals surface area contributed by atoms with Crippen molar-refractivity contribution in [3.63, 3.8) is 0 Å². The van der Waals surface area contributed by atoms with Gasteiger partial charge in [0, 0.05) is 38.0 Å². The number of aryl methyl sites for hydroxylation is 1. The van der Waals surface area contributed by atoms with Gasteiger partial charge < -0.3 is 4.98 Å². The van der Waals surface area contributed by atoms with Crippen LogP contribution < -0.4 is 5.56 Å². The Morgan fingerprint density at radius 2 is 2.00 bits per heavy atom. The fourth-order valence-electron chi connectivity index (χ4n) is 2.96. The van der Waals surface area contributed by atoms with Crippen LogP contribution >= 0.6 is 0 Å². The SMILES string of the molecule is CCCc1nc2c(c(=O)[nH]1)CN(Cc1c(F)ccc(F)c1F)CC2. The number of fused-ring (bicyclic) bond motifs is 1. The first-order valence-electron chi connectivity index (χ1n) is 7.95. The van der Waals surface area contributed by atoms with Crippen molar-refractivity contribution in [3.05, 3.63) is 62.6 Å². The van der Waals surface area contributed by atoms with Crippen LogP contribution in [0, 0.1) is 17.5 Å². The average molecular weight is 337 g/mol. The van der Waals surface area contributed by atoms with Gasteiger partial charge >= 0.3 is 0 Å². The molecule has 0 bridgehead atoms. The lowest BCUT2D eigenvalue weighted by Crippen LogP contribution is -2.36. The lowest BCUT2D eigenvalue weighted by Gasteiger charge is -2.28. The first-order chi connectivity index (χ1) is 11.5. The Morgan fingerprint density at radius 3 is 2.75 bits per heavy atom. The standard InChI is InChI=1S/C17H18F3N3O/c1-2-3-15-21-14-6-7-23(9-11(14)17(24)22-15)8-10-12(18)4-5-13(19)16(10)20/h4-5H,2-3,6-9H2,1H3,(H,21,22,24). The van der Waals surface area contributed by atoms with E-state index in [1.807, 2.05) is 6.92 Å². The maximum atomic E-state index is 13.8. The lowest BCUT2D eigenvalue weighted by atomic mass is 10.1. The quantitative estimate of drug-likeness (QED) is 0.873. The number of nitrogens with zero attached hydrogens (tertiary/aromatic N) is 2. The molecule has 0 spiro atoms. The van der Waals surface area contributed by atoms with E-state index in [1.54, 1.807) is 4.90 Å². The van der Waals surface area contributed by atoms with Gasteiger partial charge in [-0.05, 0) is 18.6 Å². The first kappa shape index (κ1) is 16.7. The molecule has 1 aromatic heterocycles. The summed E-state index contributed by atoms with van der Waals surface area (Å²) >= 11 is 0. The number of hydrogen-bond donors (Lipinski definition) is 1. The third kappa shape index (κ3) is 3.21. The molecule has 0 unspecified atom stereocenters. The molecule has 0 fully saturated rings. The van der Waals surface area contributed by atoms with E-state index in [0.717, 1.165) is 24.2 Å². The maximum Gasteiger partial charge on any atom is 0.255 e. The van der Waals surface area contributed by atoms with Gasteiger partial charge in [-0.2, -0.15) is 0 Å². The van der Waals surface area contributed by atoms with Gasteiger partial charge in [0.25, 0.3) is 5.56 Å². The van der Waals surface area contributed by atoms with Crippen LogP contribution in [-0.2, 0) is 25.9 Å². The summed E-state index contributed by atoms with van der Waals surface area (Å²) in [5.74, 6) is -2.37. The normalized spacial score (nSPS) is 14.7. The summed E-state index contributed by atoms with van der Waals surface area (Å²) in [7, 11) is 0. The highest BCUT2D eigenvalue weighted by atomic mass is 19.2. The van der Waals surface area contributed by atoms with E-state index in [4.69, 9.17) is 0 Å². The Balaban J connectivity index is 1.84. The van der Waals surface area contributed by atoms with Crippen molar-refractivity contribution in [2.75, 3.05) is 6.54 Å². The Labute approximate surface area is 137 Å². The molecule has 0 saturated carbocycles. The molecule has 3 rings (SSSR count).